The topological polar surface area (TPSA) is 28.2 Å². The number of nitrogens with one attached hydrogen (secondary N) is 1. The summed E-state index contributed by atoms with van der Waals surface area (Å²) >= 11 is 5.39. The molecule has 0 amide bonds. The highest BCUT2D eigenvalue weighted by molar-refractivity contribution is 9.11. The van der Waals surface area contributed by atoms with Gasteiger partial charge in [-0.1, -0.05) is 6.07 Å². The van der Waals surface area contributed by atoms with E-state index in [1.165, 1.54) is 15.1 Å². The quantitative estimate of drug-likeness (QED) is 0.919. The Morgan fingerprint density at radius 3 is 2.90 bits per heavy atom. The smallest absolute Gasteiger partial charge is 0.0870 e. The Morgan fingerprint density at radius 1 is 1.20 bits per heavy atom. The normalized spacial score (nSPS) is 18.6. The Hall–Kier alpha value is -0.750. The van der Waals surface area contributed by atoms with Crippen LogP contribution in [0.5, 0.6) is 0 Å². The van der Waals surface area contributed by atoms with E-state index in [4.69, 9.17) is 0 Å². The van der Waals surface area contributed by atoms with Gasteiger partial charge in [-0.25, -0.2) is 0 Å². The predicted molar refractivity (Wildman–Crippen MR) is 87.2 cm³/mol. The molecule has 106 valence electrons. The summed E-state index contributed by atoms with van der Waals surface area (Å²) in [7, 11) is 0. The molecule has 0 aliphatic carbocycles. The van der Waals surface area contributed by atoms with Crippen molar-refractivity contribution in [2.75, 3.05) is 26.2 Å². The molecule has 1 atom stereocenters. The summed E-state index contributed by atoms with van der Waals surface area (Å²) in [5.74, 6) is 0. The van der Waals surface area contributed by atoms with Gasteiger partial charge < -0.3 is 5.32 Å². The van der Waals surface area contributed by atoms with E-state index in [1.807, 2.05) is 12.3 Å². The highest BCUT2D eigenvalue weighted by Gasteiger charge is 2.25. The first-order valence-corrected chi connectivity index (χ1v) is 8.56. The SMILES string of the molecule is Brc1ccc(C(c2ccccn2)N2CCCNCC2)s1. The van der Waals surface area contributed by atoms with Gasteiger partial charge >= 0.3 is 0 Å². The Kier molecular flexibility index (Phi) is 4.83. The number of hydrogen-bond donors (Lipinski definition) is 1. The summed E-state index contributed by atoms with van der Waals surface area (Å²) in [6, 6.07) is 10.8. The average molecular weight is 352 g/mol. The summed E-state index contributed by atoms with van der Waals surface area (Å²) in [5, 5.41) is 3.47. The minimum atomic E-state index is 0.271. The third-order valence-electron chi connectivity index (χ3n) is 3.57. The highest BCUT2D eigenvalue weighted by Crippen LogP contribution is 2.34. The van der Waals surface area contributed by atoms with Gasteiger partial charge in [-0.3, -0.25) is 9.88 Å². The molecule has 3 heterocycles. The van der Waals surface area contributed by atoms with Gasteiger partial charge in [0.15, 0.2) is 0 Å². The largest absolute Gasteiger partial charge is 0.315 e. The number of halogens is 1. The van der Waals surface area contributed by atoms with E-state index in [2.05, 4.69) is 55.4 Å². The van der Waals surface area contributed by atoms with Crippen LogP contribution in [0.15, 0.2) is 40.3 Å². The molecular formula is C15H18BrN3S. The van der Waals surface area contributed by atoms with Crippen LogP contribution in [0.4, 0.5) is 0 Å². The van der Waals surface area contributed by atoms with E-state index < -0.39 is 0 Å². The summed E-state index contributed by atoms with van der Waals surface area (Å²) < 4.78 is 1.18. The van der Waals surface area contributed by atoms with E-state index in [9.17, 15) is 0 Å². The molecule has 3 nitrogen and oxygen atoms in total. The fourth-order valence-corrected chi connectivity index (χ4v) is 4.22. The van der Waals surface area contributed by atoms with Crippen LogP contribution >= 0.6 is 27.3 Å². The second-order valence-electron chi connectivity index (χ2n) is 4.94. The van der Waals surface area contributed by atoms with Gasteiger partial charge in [-0.05, 0) is 53.2 Å². The molecule has 1 aliphatic heterocycles. The van der Waals surface area contributed by atoms with Crippen LogP contribution in [0.25, 0.3) is 0 Å². The highest BCUT2D eigenvalue weighted by atomic mass is 79.9. The third-order valence-corrected chi connectivity index (χ3v) is 5.25. The Balaban J connectivity index is 1.94. The number of pyridine rings is 1. The first kappa shape index (κ1) is 14.2. The Labute approximate surface area is 132 Å². The molecule has 0 spiro atoms. The second kappa shape index (κ2) is 6.80. The van der Waals surface area contributed by atoms with Crippen LogP contribution in [0.2, 0.25) is 0 Å². The molecule has 1 unspecified atom stereocenters. The lowest BCUT2D eigenvalue weighted by Crippen LogP contribution is -2.33. The molecule has 0 bridgehead atoms. The van der Waals surface area contributed by atoms with Crippen LogP contribution in [0, 0.1) is 0 Å². The Morgan fingerprint density at radius 2 is 2.15 bits per heavy atom. The summed E-state index contributed by atoms with van der Waals surface area (Å²) in [5.41, 5.74) is 1.14. The zero-order valence-electron chi connectivity index (χ0n) is 11.3. The number of rotatable bonds is 3. The molecule has 1 N–H and O–H groups in total. The molecule has 1 saturated heterocycles. The van der Waals surface area contributed by atoms with Gasteiger partial charge in [0.05, 0.1) is 15.5 Å². The average Bonchev–Trinajstić information content (AvgIpc) is 2.74. The number of hydrogen-bond acceptors (Lipinski definition) is 4. The first-order chi connectivity index (χ1) is 9.84. The second-order valence-corrected chi connectivity index (χ2v) is 7.43. The van der Waals surface area contributed by atoms with Crippen molar-refractivity contribution >= 4 is 27.3 Å². The molecular weight excluding hydrogens is 334 g/mol. The van der Waals surface area contributed by atoms with Crippen molar-refractivity contribution in [3.8, 4) is 0 Å². The number of aromatic nitrogens is 1. The zero-order valence-corrected chi connectivity index (χ0v) is 13.7. The van der Waals surface area contributed by atoms with E-state index in [0.717, 1.165) is 31.9 Å². The van der Waals surface area contributed by atoms with Crippen molar-refractivity contribution in [1.29, 1.82) is 0 Å². The fraction of sp³-hybridized carbons (Fsp3) is 0.400. The predicted octanol–water partition coefficient (Wildman–Crippen LogP) is 3.29. The van der Waals surface area contributed by atoms with Crippen molar-refractivity contribution in [3.63, 3.8) is 0 Å². The standard InChI is InChI=1S/C15H18BrN3S/c16-14-6-5-13(20-14)15(12-4-1-2-8-18-12)19-10-3-7-17-9-11-19/h1-2,4-6,8,15,17H,3,7,9-11H2. The van der Waals surface area contributed by atoms with Crippen molar-refractivity contribution in [1.82, 2.24) is 15.2 Å². The monoisotopic (exact) mass is 351 g/mol. The van der Waals surface area contributed by atoms with E-state index in [0.29, 0.717) is 0 Å². The summed E-state index contributed by atoms with van der Waals surface area (Å²) in [4.78, 5) is 8.50. The minimum absolute atomic E-state index is 0.271. The van der Waals surface area contributed by atoms with Gasteiger partial charge in [0.2, 0.25) is 0 Å². The molecule has 1 aliphatic rings. The van der Waals surface area contributed by atoms with Gasteiger partial charge in [0.1, 0.15) is 0 Å². The Bertz CT molecular complexity index is 535. The van der Waals surface area contributed by atoms with Crippen LogP contribution in [0.1, 0.15) is 23.0 Å². The minimum Gasteiger partial charge on any atom is -0.315 e. The fourth-order valence-electron chi connectivity index (χ4n) is 2.65. The van der Waals surface area contributed by atoms with Crippen LogP contribution < -0.4 is 5.32 Å². The molecule has 1 fully saturated rings. The molecule has 0 saturated carbocycles. The van der Waals surface area contributed by atoms with E-state index in [1.54, 1.807) is 11.3 Å². The molecule has 3 rings (SSSR count). The molecule has 20 heavy (non-hydrogen) atoms. The maximum Gasteiger partial charge on any atom is 0.0870 e. The third kappa shape index (κ3) is 3.28. The van der Waals surface area contributed by atoms with E-state index >= 15 is 0 Å². The first-order valence-electron chi connectivity index (χ1n) is 6.95. The molecule has 0 aromatic carbocycles. The van der Waals surface area contributed by atoms with Crippen molar-refractivity contribution in [3.05, 3.63) is 50.9 Å². The lowest BCUT2D eigenvalue weighted by Gasteiger charge is -2.29. The summed E-state index contributed by atoms with van der Waals surface area (Å²) in [6.45, 7) is 4.34. The van der Waals surface area contributed by atoms with Gasteiger partial charge in [-0.2, -0.15) is 0 Å². The lowest BCUT2D eigenvalue weighted by atomic mass is 10.1. The van der Waals surface area contributed by atoms with Crippen molar-refractivity contribution in [2.45, 2.75) is 12.5 Å². The molecule has 5 heteroatoms. The maximum atomic E-state index is 4.60. The maximum absolute atomic E-state index is 4.60. The van der Waals surface area contributed by atoms with Crippen molar-refractivity contribution < 1.29 is 0 Å². The van der Waals surface area contributed by atoms with Gasteiger partial charge in [0, 0.05) is 30.7 Å². The molecule has 2 aromatic rings. The number of nitrogens with zero attached hydrogens (tertiary/aromatic N) is 2. The van der Waals surface area contributed by atoms with Crippen molar-refractivity contribution in [2.24, 2.45) is 0 Å². The van der Waals surface area contributed by atoms with Crippen LogP contribution in [-0.2, 0) is 0 Å². The zero-order chi connectivity index (χ0) is 13.8. The van der Waals surface area contributed by atoms with Gasteiger partial charge in [-0.15, -0.1) is 11.3 Å². The summed E-state index contributed by atoms with van der Waals surface area (Å²) in [6.07, 6.45) is 3.08. The van der Waals surface area contributed by atoms with Crippen LogP contribution in [-0.4, -0.2) is 36.1 Å². The van der Waals surface area contributed by atoms with Crippen LogP contribution in [0.3, 0.4) is 0 Å². The lowest BCUT2D eigenvalue weighted by molar-refractivity contribution is 0.240. The molecule has 2 aromatic heterocycles. The van der Waals surface area contributed by atoms with E-state index in [-0.39, 0.29) is 6.04 Å². The number of thiophene rings is 1. The van der Waals surface area contributed by atoms with Gasteiger partial charge in [0.25, 0.3) is 0 Å². The molecule has 0 radical (unpaired) electrons.